The number of carbonyl (C=O) groups excluding carboxylic acids is 1. The number of furan rings is 1. The summed E-state index contributed by atoms with van der Waals surface area (Å²) in [5.74, 6) is 0.315. The average molecular weight is 190 g/mol. The molecular formula is C12H14O2. The molecule has 0 N–H and O–H groups in total. The molecule has 2 heteroatoms. The van der Waals surface area contributed by atoms with Gasteiger partial charge in [-0.15, -0.1) is 0 Å². The van der Waals surface area contributed by atoms with Gasteiger partial charge in [-0.05, 0) is 37.0 Å². The Morgan fingerprint density at radius 3 is 2.93 bits per heavy atom. The van der Waals surface area contributed by atoms with Crippen LogP contribution in [0.2, 0.25) is 0 Å². The first-order valence-corrected chi connectivity index (χ1v) is 5.00. The first kappa shape index (κ1) is 9.25. The maximum Gasteiger partial charge on any atom is 0.159 e. The van der Waals surface area contributed by atoms with Crippen LogP contribution in [-0.4, -0.2) is 5.78 Å². The lowest BCUT2D eigenvalue weighted by atomic mass is 9.88. The molecule has 14 heavy (non-hydrogen) atoms. The van der Waals surface area contributed by atoms with Gasteiger partial charge in [-0.1, -0.05) is 5.57 Å². The lowest BCUT2D eigenvalue weighted by Crippen LogP contribution is -2.12. The van der Waals surface area contributed by atoms with Gasteiger partial charge in [-0.2, -0.15) is 0 Å². The molecule has 0 radical (unpaired) electrons. The molecule has 0 unspecified atom stereocenters. The largest absolute Gasteiger partial charge is 0.472 e. The van der Waals surface area contributed by atoms with Crippen LogP contribution in [0.4, 0.5) is 0 Å². The highest BCUT2D eigenvalue weighted by Gasteiger charge is 2.18. The summed E-state index contributed by atoms with van der Waals surface area (Å²) in [7, 11) is 0. The molecule has 1 aliphatic rings. The Bertz CT molecular complexity index is 358. The molecular weight excluding hydrogens is 176 g/mol. The number of carbonyl (C=O) groups is 1. The third-order valence-corrected chi connectivity index (χ3v) is 2.77. The normalized spacial score (nSPS) is 17.6. The highest BCUT2D eigenvalue weighted by molar-refractivity contribution is 5.97. The quantitative estimate of drug-likeness (QED) is 0.717. The van der Waals surface area contributed by atoms with Crippen LogP contribution >= 0.6 is 0 Å². The molecule has 2 rings (SSSR count). The number of rotatable bonds is 2. The molecule has 0 bridgehead atoms. The molecule has 0 saturated heterocycles. The van der Waals surface area contributed by atoms with E-state index in [-0.39, 0.29) is 0 Å². The van der Waals surface area contributed by atoms with Gasteiger partial charge in [0.05, 0.1) is 12.5 Å². The molecule has 1 aliphatic carbocycles. The Morgan fingerprint density at radius 1 is 1.43 bits per heavy atom. The van der Waals surface area contributed by atoms with Gasteiger partial charge in [0, 0.05) is 12.8 Å². The molecule has 0 spiro atoms. The van der Waals surface area contributed by atoms with Crippen LogP contribution in [0.15, 0.2) is 34.2 Å². The van der Waals surface area contributed by atoms with Gasteiger partial charge in [0.1, 0.15) is 0 Å². The van der Waals surface area contributed by atoms with Gasteiger partial charge in [-0.25, -0.2) is 0 Å². The van der Waals surface area contributed by atoms with E-state index in [9.17, 15) is 4.79 Å². The van der Waals surface area contributed by atoms with Crippen molar-refractivity contribution in [1.29, 1.82) is 0 Å². The molecule has 1 aromatic heterocycles. The van der Waals surface area contributed by atoms with E-state index in [1.54, 1.807) is 12.5 Å². The Labute approximate surface area is 83.6 Å². The topological polar surface area (TPSA) is 30.2 Å². The molecule has 0 amide bonds. The zero-order valence-corrected chi connectivity index (χ0v) is 8.38. The second-order valence-electron chi connectivity index (χ2n) is 3.84. The van der Waals surface area contributed by atoms with E-state index in [1.165, 1.54) is 5.57 Å². The SMILES string of the molecule is CC1=C(Cc2ccoc2)C(=O)CCC1. The van der Waals surface area contributed by atoms with Crippen LogP contribution in [0.3, 0.4) is 0 Å². The monoisotopic (exact) mass is 190 g/mol. The van der Waals surface area contributed by atoms with Gasteiger partial charge in [0.15, 0.2) is 5.78 Å². The van der Waals surface area contributed by atoms with Crippen LogP contribution in [0.1, 0.15) is 31.7 Å². The van der Waals surface area contributed by atoms with Crippen molar-refractivity contribution in [3.05, 3.63) is 35.3 Å². The first-order chi connectivity index (χ1) is 6.77. The molecule has 0 fully saturated rings. The van der Waals surface area contributed by atoms with Crippen LogP contribution in [0.25, 0.3) is 0 Å². The van der Waals surface area contributed by atoms with Crippen LogP contribution < -0.4 is 0 Å². The maximum atomic E-state index is 11.6. The minimum atomic E-state index is 0.315. The molecule has 0 atom stereocenters. The Balaban J connectivity index is 2.20. The molecule has 0 aliphatic heterocycles. The minimum Gasteiger partial charge on any atom is -0.472 e. The maximum absolute atomic E-state index is 11.6. The van der Waals surface area contributed by atoms with Crippen LogP contribution in [-0.2, 0) is 11.2 Å². The molecule has 2 nitrogen and oxygen atoms in total. The summed E-state index contributed by atoms with van der Waals surface area (Å²) in [4.78, 5) is 11.6. The standard InChI is InChI=1S/C12H14O2/c1-9-3-2-4-12(13)11(9)7-10-5-6-14-8-10/h5-6,8H,2-4,7H2,1H3. The predicted molar refractivity (Wildman–Crippen MR) is 54.0 cm³/mol. The third-order valence-electron chi connectivity index (χ3n) is 2.77. The number of ketones is 1. The first-order valence-electron chi connectivity index (χ1n) is 5.00. The van der Waals surface area contributed by atoms with Gasteiger partial charge < -0.3 is 4.42 Å². The van der Waals surface area contributed by atoms with Crippen LogP contribution in [0, 0.1) is 0 Å². The van der Waals surface area contributed by atoms with Crippen molar-refractivity contribution in [2.45, 2.75) is 32.6 Å². The summed E-state index contributed by atoms with van der Waals surface area (Å²) < 4.78 is 4.99. The number of allylic oxidation sites excluding steroid dienone is 2. The molecule has 0 aromatic carbocycles. The summed E-state index contributed by atoms with van der Waals surface area (Å²) in [6.45, 7) is 2.06. The van der Waals surface area contributed by atoms with E-state index in [0.717, 1.165) is 30.4 Å². The lowest BCUT2D eigenvalue weighted by molar-refractivity contribution is -0.116. The van der Waals surface area contributed by atoms with Crippen molar-refractivity contribution in [3.63, 3.8) is 0 Å². The lowest BCUT2D eigenvalue weighted by Gasteiger charge is -2.15. The van der Waals surface area contributed by atoms with Gasteiger partial charge in [0.2, 0.25) is 0 Å². The second-order valence-corrected chi connectivity index (χ2v) is 3.84. The van der Waals surface area contributed by atoms with Gasteiger partial charge in [0.25, 0.3) is 0 Å². The highest BCUT2D eigenvalue weighted by Crippen LogP contribution is 2.24. The van der Waals surface area contributed by atoms with E-state index in [0.29, 0.717) is 12.2 Å². The van der Waals surface area contributed by atoms with Gasteiger partial charge in [-0.3, -0.25) is 4.79 Å². The van der Waals surface area contributed by atoms with Gasteiger partial charge >= 0.3 is 0 Å². The van der Waals surface area contributed by atoms with Crippen molar-refractivity contribution >= 4 is 5.78 Å². The van der Waals surface area contributed by atoms with Crippen molar-refractivity contribution < 1.29 is 9.21 Å². The van der Waals surface area contributed by atoms with Crippen LogP contribution in [0.5, 0.6) is 0 Å². The zero-order valence-electron chi connectivity index (χ0n) is 8.38. The molecule has 1 aromatic rings. The van der Waals surface area contributed by atoms with E-state index in [2.05, 4.69) is 6.92 Å². The fourth-order valence-corrected chi connectivity index (χ4v) is 1.90. The number of hydrogen-bond acceptors (Lipinski definition) is 2. The van der Waals surface area contributed by atoms with Crippen molar-refractivity contribution in [3.8, 4) is 0 Å². The Morgan fingerprint density at radius 2 is 2.29 bits per heavy atom. The minimum absolute atomic E-state index is 0.315. The van der Waals surface area contributed by atoms with Crippen molar-refractivity contribution in [2.75, 3.05) is 0 Å². The fraction of sp³-hybridized carbons (Fsp3) is 0.417. The summed E-state index contributed by atoms with van der Waals surface area (Å²) in [6, 6.07) is 1.92. The summed E-state index contributed by atoms with van der Waals surface area (Å²) in [5, 5.41) is 0. The smallest absolute Gasteiger partial charge is 0.159 e. The molecule has 74 valence electrons. The number of Topliss-reactive ketones (excluding diaryl/α,β-unsaturated/α-hetero) is 1. The predicted octanol–water partition coefficient (Wildman–Crippen LogP) is 2.89. The summed E-state index contributed by atoms with van der Waals surface area (Å²) in [6.07, 6.45) is 6.89. The molecule has 1 heterocycles. The zero-order chi connectivity index (χ0) is 9.97. The average Bonchev–Trinajstić information content (AvgIpc) is 2.64. The van der Waals surface area contributed by atoms with Crippen molar-refractivity contribution in [1.82, 2.24) is 0 Å². The van der Waals surface area contributed by atoms with E-state index in [4.69, 9.17) is 4.42 Å². The second kappa shape index (κ2) is 3.82. The number of hydrogen-bond donors (Lipinski definition) is 0. The molecule has 0 saturated carbocycles. The fourth-order valence-electron chi connectivity index (χ4n) is 1.90. The Kier molecular flexibility index (Phi) is 2.53. The highest BCUT2D eigenvalue weighted by atomic mass is 16.3. The van der Waals surface area contributed by atoms with Crippen molar-refractivity contribution in [2.24, 2.45) is 0 Å². The third kappa shape index (κ3) is 1.79. The summed E-state index contributed by atoms with van der Waals surface area (Å²) >= 11 is 0. The van der Waals surface area contributed by atoms with E-state index < -0.39 is 0 Å². The summed E-state index contributed by atoms with van der Waals surface area (Å²) in [5.41, 5.74) is 3.34. The Hall–Kier alpha value is -1.31. The van der Waals surface area contributed by atoms with E-state index >= 15 is 0 Å². The van der Waals surface area contributed by atoms with E-state index in [1.807, 2.05) is 6.07 Å².